The van der Waals surface area contributed by atoms with Gasteiger partial charge in [0.25, 0.3) is 0 Å². The van der Waals surface area contributed by atoms with E-state index in [1.165, 1.54) is 18.9 Å². The van der Waals surface area contributed by atoms with Crippen LogP contribution in [0.4, 0.5) is 4.39 Å². The van der Waals surface area contributed by atoms with E-state index in [0.717, 1.165) is 17.9 Å². The van der Waals surface area contributed by atoms with Crippen LogP contribution >= 0.6 is 11.6 Å². The van der Waals surface area contributed by atoms with Gasteiger partial charge in [-0.1, -0.05) is 19.9 Å². The van der Waals surface area contributed by atoms with Crippen LogP contribution in [0, 0.1) is 17.2 Å². The summed E-state index contributed by atoms with van der Waals surface area (Å²) in [6.45, 7) is 5.47. The third-order valence-electron chi connectivity index (χ3n) is 4.72. The lowest BCUT2D eigenvalue weighted by molar-refractivity contribution is 0.309. The van der Waals surface area contributed by atoms with Crippen LogP contribution in [0.3, 0.4) is 0 Å². The minimum atomic E-state index is -0.244. The van der Waals surface area contributed by atoms with Crippen molar-refractivity contribution in [2.24, 2.45) is 11.3 Å². The summed E-state index contributed by atoms with van der Waals surface area (Å²) in [6.07, 6.45) is 3.18. The van der Waals surface area contributed by atoms with Gasteiger partial charge in [0.15, 0.2) is 5.82 Å². The number of alkyl halides is 1. The molecule has 0 N–H and O–H groups in total. The van der Waals surface area contributed by atoms with Gasteiger partial charge in [-0.3, -0.25) is 0 Å². The van der Waals surface area contributed by atoms with E-state index in [9.17, 15) is 4.39 Å². The number of halogens is 2. The van der Waals surface area contributed by atoms with Gasteiger partial charge in [0.2, 0.25) is 0 Å². The van der Waals surface area contributed by atoms with Crippen molar-refractivity contribution in [3.8, 4) is 0 Å². The molecule has 0 saturated heterocycles. The zero-order valence-electron chi connectivity index (χ0n) is 12.0. The summed E-state index contributed by atoms with van der Waals surface area (Å²) in [5, 5.41) is 0. The maximum Gasteiger partial charge on any atom is 0.151 e. The zero-order valence-corrected chi connectivity index (χ0v) is 12.8. The molecule has 1 aliphatic rings. The van der Waals surface area contributed by atoms with Gasteiger partial charge in [-0.2, -0.15) is 0 Å². The molecule has 4 heteroatoms. The van der Waals surface area contributed by atoms with E-state index in [1.807, 2.05) is 6.07 Å². The highest BCUT2D eigenvalue weighted by Gasteiger charge is 2.46. The highest BCUT2D eigenvalue weighted by Crippen LogP contribution is 2.53. The Balaban J connectivity index is 2.07. The van der Waals surface area contributed by atoms with Gasteiger partial charge in [-0.25, -0.2) is 9.37 Å². The van der Waals surface area contributed by atoms with Crippen molar-refractivity contribution >= 4 is 22.6 Å². The molecule has 1 aliphatic carbocycles. The molecule has 0 bridgehead atoms. The molecule has 1 aromatic carbocycles. The summed E-state index contributed by atoms with van der Waals surface area (Å²) in [6, 6.07) is 5.19. The van der Waals surface area contributed by atoms with E-state index in [4.69, 9.17) is 11.6 Å². The molecule has 3 rings (SSSR count). The first kappa shape index (κ1) is 13.9. The van der Waals surface area contributed by atoms with Crippen LogP contribution in [-0.2, 0) is 13.0 Å². The lowest BCUT2D eigenvalue weighted by Crippen LogP contribution is -2.19. The SMILES string of the molecule is CC(C)C1(Cn2c(CCCl)nc3c(F)cccc32)CC1. The van der Waals surface area contributed by atoms with E-state index in [-0.39, 0.29) is 5.82 Å². The van der Waals surface area contributed by atoms with Crippen molar-refractivity contribution in [1.29, 1.82) is 0 Å². The molecule has 0 atom stereocenters. The van der Waals surface area contributed by atoms with Crippen molar-refractivity contribution in [3.63, 3.8) is 0 Å². The number of rotatable bonds is 5. The first-order chi connectivity index (χ1) is 9.57. The lowest BCUT2D eigenvalue weighted by atomic mass is 9.92. The Labute approximate surface area is 123 Å². The Morgan fingerprint density at radius 3 is 2.75 bits per heavy atom. The zero-order chi connectivity index (χ0) is 14.3. The van der Waals surface area contributed by atoms with Crippen molar-refractivity contribution in [3.05, 3.63) is 29.8 Å². The van der Waals surface area contributed by atoms with Gasteiger partial charge in [-0.15, -0.1) is 11.6 Å². The lowest BCUT2D eigenvalue weighted by Gasteiger charge is -2.22. The molecule has 2 nitrogen and oxygen atoms in total. The van der Waals surface area contributed by atoms with Crippen molar-refractivity contribution in [2.75, 3.05) is 5.88 Å². The number of hydrogen-bond acceptors (Lipinski definition) is 1. The van der Waals surface area contributed by atoms with Crippen LogP contribution in [0.2, 0.25) is 0 Å². The number of para-hydroxylation sites is 1. The number of fused-ring (bicyclic) bond motifs is 1. The van der Waals surface area contributed by atoms with Crippen LogP contribution in [0.5, 0.6) is 0 Å². The predicted molar refractivity (Wildman–Crippen MR) is 80.6 cm³/mol. The van der Waals surface area contributed by atoms with Gasteiger partial charge in [0.1, 0.15) is 11.3 Å². The molecule has 1 saturated carbocycles. The average Bonchev–Trinajstić information content (AvgIpc) is 3.11. The summed E-state index contributed by atoms with van der Waals surface area (Å²) in [4.78, 5) is 4.48. The Kier molecular flexibility index (Phi) is 3.49. The fourth-order valence-corrected chi connectivity index (χ4v) is 3.18. The Morgan fingerprint density at radius 2 is 2.15 bits per heavy atom. The summed E-state index contributed by atoms with van der Waals surface area (Å²) >= 11 is 5.88. The third-order valence-corrected chi connectivity index (χ3v) is 4.91. The van der Waals surface area contributed by atoms with E-state index in [1.54, 1.807) is 6.07 Å². The monoisotopic (exact) mass is 294 g/mol. The highest BCUT2D eigenvalue weighted by molar-refractivity contribution is 6.17. The normalized spacial score (nSPS) is 17.1. The average molecular weight is 295 g/mol. The summed E-state index contributed by atoms with van der Waals surface area (Å²) < 4.78 is 16.1. The van der Waals surface area contributed by atoms with Crippen molar-refractivity contribution < 1.29 is 4.39 Å². The van der Waals surface area contributed by atoms with E-state index < -0.39 is 0 Å². The molecular weight excluding hydrogens is 275 g/mol. The number of aryl methyl sites for hydroxylation is 1. The van der Waals surface area contributed by atoms with Gasteiger partial charge >= 0.3 is 0 Å². The predicted octanol–water partition coefficient (Wildman–Crippen LogP) is 4.39. The second-order valence-electron chi connectivity index (χ2n) is 6.18. The maximum absolute atomic E-state index is 13.9. The molecular formula is C16H20ClFN2. The molecule has 1 fully saturated rings. The van der Waals surface area contributed by atoms with E-state index in [2.05, 4.69) is 23.4 Å². The molecule has 0 spiro atoms. The molecule has 20 heavy (non-hydrogen) atoms. The van der Waals surface area contributed by atoms with Crippen molar-refractivity contribution in [1.82, 2.24) is 9.55 Å². The van der Waals surface area contributed by atoms with Crippen molar-refractivity contribution in [2.45, 2.75) is 39.7 Å². The Morgan fingerprint density at radius 1 is 1.40 bits per heavy atom. The van der Waals surface area contributed by atoms with Crippen LogP contribution in [0.25, 0.3) is 11.0 Å². The molecule has 0 unspecified atom stereocenters. The molecule has 1 aromatic heterocycles. The molecule has 0 aliphatic heterocycles. The second-order valence-corrected chi connectivity index (χ2v) is 6.56. The maximum atomic E-state index is 13.9. The molecule has 1 heterocycles. The van der Waals surface area contributed by atoms with Crippen LogP contribution in [0.1, 0.15) is 32.5 Å². The largest absolute Gasteiger partial charge is 0.327 e. The van der Waals surface area contributed by atoms with Crippen LogP contribution in [0.15, 0.2) is 18.2 Å². The molecule has 2 aromatic rings. The highest BCUT2D eigenvalue weighted by atomic mass is 35.5. The van der Waals surface area contributed by atoms with Gasteiger partial charge < -0.3 is 4.57 Å². The number of imidazole rings is 1. The van der Waals surface area contributed by atoms with E-state index >= 15 is 0 Å². The number of benzene rings is 1. The fraction of sp³-hybridized carbons (Fsp3) is 0.562. The number of hydrogen-bond donors (Lipinski definition) is 0. The van der Waals surface area contributed by atoms with Gasteiger partial charge in [0, 0.05) is 18.8 Å². The molecule has 0 amide bonds. The Bertz CT molecular complexity index is 629. The van der Waals surface area contributed by atoms with Crippen LogP contribution in [-0.4, -0.2) is 15.4 Å². The number of aromatic nitrogens is 2. The minimum absolute atomic E-state index is 0.244. The van der Waals surface area contributed by atoms with E-state index in [0.29, 0.717) is 29.2 Å². The smallest absolute Gasteiger partial charge is 0.151 e. The number of nitrogens with zero attached hydrogens (tertiary/aromatic N) is 2. The quantitative estimate of drug-likeness (QED) is 0.748. The summed E-state index contributed by atoms with van der Waals surface area (Å²) in [7, 11) is 0. The fourth-order valence-electron chi connectivity index (χ4n) is 3.01. The molecule has 108 valence electrons. The molecule has 0 radical (unpaired) electrons. The third kappa shape index (κ3) is 2.22. The first-order valence-corrected chi connectivity index (χ1v) is 7.80. The summed E-state index contributed by atoms with van der Waals surface area (Å²) in [5.41, 5.74) is 1.74. The second kappa shape index (κ2) is 5.03. The Hall–Kier alpha value is -1.09. The topological polar surface area (TPSA) is 17.8 Å². The summed E-state index contributed by atoms with van der Waals surface area (Å²) in [5.74, 6) is 1.82. The minimum Gasteiger partial charge on any atom is -0.327 e. The van der Waals surface area contributed by atoms with Crippen LogP contribution < -0.4 is 0 Å². The van der Waals surface area contributed by atoms with Gasteiger partial charge in [0.05, 0.1) is 5.52 Å². The first-order valence-electron chi connectivity index (χ1n) is 7.27. The standard InChI is InChI=1S/C16H20ClFN2/c1-11(2)16(7-8-16)10-20-13-5-3-4-12(18)15(13)19-14(20)6-9-17/h3-5,11H,6-10H2,1-2H3. The van der Waals surface area contributed by atoms with Gasteiger partial charge in [-0.05, 0) is 36.3 Å².